The van der Waals surface area contributed by atoms with Gasteiger partial charge in [0.1, 0.15) is 6.04 Å². The predicted molar refractivity (Wildman–Crippen MR) is 104 cm³/mol. The van der Waals surface area contributed by atoms with E-state index in [2.05, 4.69) is 18.0 Å². The van der Waals surface area contributed by atoms with Crippen LogP contribution < -0.4 is 11.1 Å². The Kier molecular flexibility index (Phi) is 8.20. The van der Waals surface area contributed by atoms with E-state index in [1.165, 1.54) is 6.08 Å². The first-order valence-corrected chi connectivity index (χ1v) is 9.85. The minimum absolute atomic E-state index is 0.0560. The van der Waals surface area contributed by atoms with E-state index in [1.807, 2.05) is 0 Å². The first-order valence-electron chi connectivity index (χ1n) is 9.85. The maximum absolute atomic E-state index is 12.3. The van der Waals surface area contributed by atoms with Crippen LogP contribution in [0.5, 0.6) is 0 Å². The second-order valence-electron chi connectivity index (χ2n) is 7.19. The first-order chi connectivity index (χ1) is 13.4. The minimum atomic E-state index is -0.593. The Morgan fingerprint density at radius 2 is 2.14 bits per heavy atom. The minimum Gasteiger partial charge on any atom is -0.356 e. The van der Waals surface area contributed by atoms with E-state index in [9.17, 15) is 14.4 Å². The van der Waals surface area contributed by atoms with Crippen molar-refractivity contribution in [3.05, 3.63) is 24.4 Å². The molecule has 0 aromatic heterocycles. The van der Waals surface area contributed by atoms with Gasteiger partial charge in [-0.1, -0.05) is 6.58 Å². The zero-order valence-corrected chi connectivity index (χ0v) is 16.2. The second-order valence-corrected chi connectivity index (χ2v) is 7.19. The lowest BCUT2D eigenvalue weighted by atomic mass is 10.1. The van der Waals surface area contributed by atoms with Gasteiger partial charge in [0.15, 0.2) is 0 Å². The van der Waals surface area contributed by atoms with E-state index < -0.39 is 6.04 Å². The smallest absolute Gasteiger partial charge is 0.251 e. The van der Waals surface area contributed by atoms with Crippen molar-refractivity contribution >= 4 is 17.7 Å². The van der Waals surface area contributed by atoms with Crippen LogP contribution in [-0.2, 0) is 14.4 Å². The van der Waals surface area contributed by atoms with Gasteiger partial charge in [-0.05, 0) is 44.6 Å². The molecular weight excluding hydrogens is 358 g/mol. The Bertz CT molecular complexity index is 664. The average Bonchev–Trinajstić information content (AvgIpc) is 3.28. The molecule has 8 nitrogen and oxygen atoms in total. The highest BCUT2D eigenvalue weighted by Gasteiger charge is 2.31. The number of hydrogen-bond donors (Lipinski definition) is 2. The van der Waals surface area contributed by atoms with E-state index in [4.69, 9.17) is 11.0 Å². The molecule has 1 fully saturated rings. The third-order valence-electron chi connectivity index (χ3n) is 5.08. The van der Waals surface area contributed by atoms with Gasteiger partial charge in [-0.3, -0.25) is 14.4 Å². The fourth-order valence-corrected chi connectivity index (χ4v) is 3.45. The molecule has 0 unspecified atom stereocenters. The van der Waals surface area contributed by atoms with Gasteiger partial charge in [0.2, 0.25) is 11.8 Å². The van der Waals surface area contributed by atoms with Crippen LogP contribution in [0, 0.1) is 11.3 Å². The van der Waals surface area contributed by atoms with E-state index >= 15 is 0 Å². The van der Waals surface area contributed by atoms with Crippen molar-refractivity contribution in [3.8, 4) is 6.07 Å². The Morgan fingerprint density at radius 1 is 1.36 bits per heavy atom. The van der Waals surface area contributed by atoms with Crippen LogP contribution in [-0.4, -0.2) is 59.2 Å². The molecule has 1 saturated heterocycles. The fourth-order valence-electron chi connectivity index (χ4n) is 3.45. The summed E-state index contributed by atoms with van der Waals surface area (Å²) in [6, 6.07) is 1.21. The van der Waals surface area contributed by atoms with E-state index in [0.29, 0.717) is 44.6 Å². The molecule has 3 amide bonds. The molecule has 0 bridgehead atoms. The third-order valence-corrected chi connectivity index (χ3v) is 5.08. The number of nitrogens with zero attached hydrogens (tertiary/aromatic N) is 3. The molecule has 8 heteroatoms. The van der Waals surface area contributed by atoms with Crippen molar-refractivity contribution in [2.45, 2.75) is 57.0 Å². The maximum Gasteiger partial charge on any atom is 0.251 e. The summed E-state index contributed by atoms with van der Waals surface area (Å²) in [5, 5.41) is 11.9. The molecule has 0 radical (unpaired) electrons. The van der Waals surface area contributed by atoms with Crippen molar-refractivity contribution in [2.24, 2.45) is 5.73 Å². The molecule has 0 aliphatic carbocycles. The number of carbonyl (C=O) groups is 3. The number of hydrogen-bond acceptors (Lipinski definition) is 5. The molecule has 0 spiro atoms. The van der Waals surface area contributed by atoms with Crippen LogP contribution in [0.25, 0.3) is 0 Å². The molecule has 0 saturated carbocycles. The number of nitrogens with two attached hydrogens (primary N) is 1. The van der Waals surface area contributed by atoms with E-state index in [0.717, 1.165) is 25.7 Å². The van der Waals surface area contributed by atoms with Crippen molar-refractivity contribution in [1.82, 2.24) is 15.1 Å². The average molecular weight is 387 g/mol. The lowest BCUT2D eigenvalue weighted by Crippen LogP contribution is -2.45. The van der Waals surface area contributed by atoms with Crippen LogP contribution >= 0.6 is 0 Å². The standard InChI is InChI=1S/C20H29N5O3/c1-15-9-10-19(27)24(15)12-5-8-18(26)23-11-3-2-7-17(22)20(28)25-13-4-6-16(25)14-21/h9-10,16-17H,1-8,11-13,22H2,(H,23,26)/t16-,17-/m0/s1. The van der Waals surface area contributed by atoms with Crippen LogP contribution in [0.3, 0.4) is 0 Å². The van der Waals surface area contributed by atoms with Gasteiger partial charge in [-0.25, -0.2) is 0 Å². The van der Waals surface area contributed by atoms with Crippen LogP contribution in [0.15, 0.2) is 24.4 Å². The summed E-state index contributed by atoms with van der Waals surface area (Å²) in [6.07, 6.45) is 7.63. The lowest BCUT2D eigenvalue weighted by molar-refractivity contribution is -0.132. The largest absolute Gasteiger partial charge is 0.356 e. The number of amides is 3. The summed E-state index contributed by atoms with van der Waals surface area (Å²) in [5.74, 6) is -0.300. The number of nitrogens with one attached hydrogen (secondary N) is 1. The van der Waals surface area contributed by atoms with Gasteiger partial charge in [-0.15, -0.1) is 0 Å². The number of unbranched alkanes of at least 4 members (excludes halogenated alkanes) is 1. The topological polar surface area (TPSA) is 120 Å². The highest BCUT2D eigenvalue weighted by molar-refractivity contribution is 5.93. The van der Waals surface area contributed by atoms with Gasteiger partial charge in [0.25, 0.3) is 5.91 Å². The van der Waals surface area contributed by atoms with Crippen molar-refractivity contribution < 1.29 is 14.4 Å². The Hall–Kier alpha value is -2.66. The summed E-state index contributed by atoms with van der Waals surface area (Å²) < 4.78 is 0. The molecule has 0 aromatic carbocycles. The number of allylic oxidation sites excluding steroid dienone is 1. The quantitative estimate of drug-likeness (QED) is 0.538. The van der Waals surface area contributed by atoms with Crippen LogP contribution in [0.4, 0.5) is 0 Å². The second kappa shape index (κ2) is 10.6. The number of carbonyl (C=O) groups excluding carboxylic acids is 3. The zero-order chi connectivity index (χ0) is 20.5. The molecule has 28 heavy (non-hydrogen) atoms. The molecule has 0 aromatic rings. The number of likely N-dealkylation sites (tertiary alicyclic amines) is 1. The van der Waals surface area contributed by atoms with Crippen LogP contribution in [0.2, 0.25) is 0 Å². The molecular formula is C20H29N5O3. The molecule has 2 rings (SSSR count). The van der Waals surface area contributed by atoms with Gasteiger partial charge in [-0.2, -0.15) is 5.26 Å². The molecule has 152 valence electrons. The number of nitriles is 1. The van der Waals surface area contributed by atoms with Crippen molar-refractivity contribution in [1.29, 1.82) is 5.26 Å². The maximum atomic E-state index is 12.3. The normalized spacial score (nSPS) is 19.8. The third kappa shape index (κ3) is 5.92. The summed E-state index contributed by atoms with van der Waals surface area (Å²) in [7, 11) is 0. The van der Waals surface area contributed by atoms with Gasteiger partial charge < -0.3 is 20.9 Å². The molecule has 2 aliphatic rings. The van der Waals surface area contributed by atoms with E-state index in [-0.39, 0.29) is 23.8 Å². The van der Waals surface area contributed by atoms with Crippen LogP contribution in [0.1, 0.15) is 44.9 Å². The SMILES string of the molecule is C=C1C=CC(=O)N1CCCC(=O)NCCCC[C@H](N)C(=O)N1CCC[C@H]1C#N. The predicted octanol–water partition coefficient (Wildman–Crippen LogP) is 0.807. The van der Waals surface area contributed by atoms with Crippen molar-refractivity contribution in [2.75, 3.05) is 19.6 Å². The summed E-state index contributed by atoms with van der Waals surface area (Å²) in [4.78, 5) is 38.9. The molecule has 2 aliphatic heterocycles. The van der Waals surface area contributed by atoms with Crippen molar-refractivity contribution in [3.63, 3.8) is 0 Å². The monoisotopic (exact) mass is 387 g/mol. The zero-order valence-electron chi connectivity index (χ0n) is 16.2. The molecule has 2 atom stereocenters. The Balaban J connectivity index is 1.53. The van der Waals surface area contributed by atoms with Gasteiger partial charge >= 0.3 is 0 Å². The van der Waals surface area contributed by atoms with Gasteiger partial charge in [0.05, 0.1) is 12.1 Å². The number of rotatable bonds is 10. The lowest BCUT2D eigenvalue weighted by Gasteiger charge is -2.23. The fraction of sp³-hybridized carbons (Fsp3) is 0.600. The highest BCUT2D eigenvalue weighted by Crippen LogP contribution is 2.18. The van der Waals surface area contributed by atoms with Gasteiger partial charge in [0, 0.05) is 37.8 Å². The molecule has 3 N–H and O–H groups in total. The van der Waals surface area contributed by atoms with E-state index in [1.54, 1.807) is 15.9 Å². The summed E-state index contributed by atoms with van der Waals surface area (Å²) in [6.45, 7) is 5.39. The Labute approximate surface area is 166 Å². The Morgan fingerprint density at radius 3 is 2.82 bits per heavy atom. The first kappa shape index (κ1) is 21.6. The summed E-state index contributed by atoms with van der Waals surface area (Å²) in [5.41, 5.74) is 6.63. The molecule has 2 heterocycles. The highest BCUT2D eigenvalue weighted by atomic mass is 16.2. The summed E-state index contributed by atoms with van der Waals surface area (Å²) >= 11 is 0.